The molecule has 4 heterocycles. The molecule has 1 amide bonds. The van der Waals surface area contributed by atoms with Crippen molar-refractivity contribution in [2.75, 3.05) is 45.2 Å². The molecule has 0 spiro atoms. The second kappa shape index (κ2) is 11.2. The topological polar surface area (TPSA) is 105 Å². The summed E-state index contributed by atoms with van der Waals surface area (Å²) in [4.78, 5) is 35.1. The number of thiazole rings is 1. The first-order valence-electron chi connectivity index (χ1n) is 12.1. The van der Waals surface area contributed by atoms with Crippen molar-refractivity contribution >= 4 is 22.2 Å². The molecule has 11 nitrogen and oxygen atoms in total. The van der Waals surface area contributed by atoms with E-state index in [0.717, 1.165) is 0 Å². The van der Waals surface area contributed by atoms with Crippen LogP contribution in [0, 0.1) is 6.92 Å². The maximum Gasteiger partial charge on any atom is 0.443 e. The van der Waals surface area contributed by atoms with Crippen molar-refractivity contribution in [2.24, 2.45) is 0 Å². The van der Waals surface area contributed by atoms with Crippen LogP contribution in [0.5, 0.6) is 6.01 Å². The SMILES string of the molecule is CCOc1ncc(-c2nc(C(F)(F)F)sc2N2CCN(C(=O)Cn3nc(CN(C)C)nc3C)C(C)C2)cn1. The lowest BCUT2D eigenvalue weighted by atomic mass is 10.1. The maximum atomic E-state index is 13.6. The van der Waals surface area contributed by atoms with Gasteiger partial charge in [-0.15, -0.1) is 0 Å². The van der Waals surface area contributed by atoms with Crippen LogP contribution >= 0.6 is 11.3 Å². The summed E-state index contributed by atoms with van der Waals surface area (Å²) in [5, 5.41) is 3.85. The van der Waals surface area contributed by atoms with Crippen molar-refractivity contribution in [3.63, 3.8) is 0 Å². The summed E-state index contributed by atoms with van der Waals surface area (Å²) in [6.45, 7) is 7.48. The normalized spacial score (nSPS) is 16.4. The molecule has 4 rings (SSSR count). The van der Waals surface area contributed by atoms with E-state index >= 15 is 0 Å². The maximum absolute atomic E-state index is 13.6. The van der Waals surface area contributed by atoms with E-state index in [1.165, 1.54) is 12.4 Å². The Morgan fingerprint density at radius 2 is 1.92 bits per heavy atom. The second-order valence-electron chi connectivity index (χ2n) is 9.21. The number of halogens is 3. The van der Waals surface area contributed by atoms with Crippen LogP contribution in [0.2, 0.25) is 0 Å². The van der Waals surface area contributed by atoms with Gasteiger partial charge >= 0.3 is 12.2 Å². The van der Waals surface area contributed by atoms with Gasteiger partial charge in [0.05, 0.1) is 13.2 Å². The average molecular weight is 554 g/mol. The first kappa shape index (κ1) is 27.7. The Hall–Kier alpha value is -3.33. The Labute approximate surface area is 222 Å². The number of anilines is 1. The molecule has 38 heavy (non-hydrogen) atoms. The molecular formula is C23H30F3N9O2S. The number of carbonyl (C=O) groups excluding carboxylic acids is 1. The molecule has 1 unspecified atom stereocenters. The highest BCUT2D eigenvalue weighted by Crippen LogP contribution is 2.43. The van der Waals surface area contributed by atoms with Gasteiger partial charge < -0.3 is 19.4 Å². The lowest BCUT2D eigenvalue weighted by molar-refractivity contribution is -0.137. The molecule has 206 valence electrons. The summed E-state index contributed by atoms with van der Waals surface area (Å²) in [7, 11) is 3.83. The summed E-state index contributed by atoms with van der Waals surface area (Å²) >= 11 is 0.579. The third-order valence-corrected chi connectivity index (χ3v) is 7.07. The molecule has 1 aliphatic rings. The van der Waals surface area contributed by atoms with Gasteiger partial charge in [0.2, 0.25) is 10.9 Å². The summed E-state index contributed by atoms with van der Waals surface area (Å²) in [6.07, 6.45) is -1.77. The number of carbonyl (C=O) groups is 1. The van der Waals surface area contributed by atoms with Crippen molar-refractivity contribution in [2.45, 2.75) is 46.1 Å². The number of rotatable bonds is 8. The third kappa shape index (κ3) is 6.20. The van der Waals surface area contributed by atoms with Crippen LogP contribution in [0.25, 0.3) is 11.3 Å². The van der Waals surface area contributed by atoms with Crippen LogP contribution in [0.1, 0.15) is 30.5 Å². The van der Waals surface area contributed by atoms with Crippen LogP contribution in [0.3, 0.4) is 0 Å². The number of alkyl halides is 3. The van der Waals surface area contributed by atoms with Gasteiger partial charge in [-0.2, -0.15) is 18.3 Å². The van der Waals surface area contributed by atoms with Crippen LogP contribution in [-0.4, -0.2) is 91.8 Å². The summed E-state index contributed by atoms with van der Waals surface area (Å²) in [6, 6.07) is -0.108. The van der Waals surface area contributed by atoms with E-state index in [0.29, 0.717) is 66.3 Å². The second-order valence-corrected chi connectivity index (χ2v) is 10.2. The number of aromatic nitrogens is 6. The lowest BCUT2D eigenvalue weighted by Crippen LogP contribution is -2.54. The Morgan fingerprint density at radius 3 is 2.53 bits per heavy atom. The number of hydrogen-bond donors (Lipinski definition) is 0. The molecule has 15 heteroatoms. The van der Waals surface area contributed by atoms with E-state index in [2.05, 4.69) is 25.0 Å². The largest absolute Gasteiger partial charge is 0.464 e. The molecule has 1 fully saturated rings. The van der Waals surface area contributed by atoms with Gasteiger partial charge in [0.15, 0.2) is 5.82 Å². The predicted molar refractivity (Wildman–Crippen MR) is 135 cm³/mol. The molecule has 1 saturated heterocycles. The molecule has 0 N–H and O–H groups in total. The van der Waals surface area contributed by atoms with Gasteiger partial charge in [0.25, 0.3) is 0 Å². The molecular weight excluding hydrogens is 523 g/mol. The van der Waals surface area contributed by atoms with Crippen molar-refractivity contribution in [3.05, 3.63) is 29.1 Å². The first-order valence-corrected chi connectivity index (χ1v) is 12.9. The van der Waals surface area contributed by atoms with Crippen molar-refractivity contribution < 1.29 is 22.7 Å². The fourth-order valence-corrected chi connectivity index (χ4v) is 5.18. The minimum Gasteiger partial charge on any atom is -0.464 e. The fourth-order valence-electron chi connectivity index (χ4n) is 4.19. The van der Waals surface area contributed by atoms with E-state index in [-0.39, 0.29) is 30.2 Å². The Morgan fingerprint density at radius 1 is 1.21 bits per heavy atom. The van der Waals surface area contributed by atoms with Gasteiger partial charge in [-0.1, -0.05) is 11.3 Å². The fraction of sp³-hybridized carbons (Fsp3) is 0.565. The van der Waals surface area contributed by atoms with Gasteiger partial charge in [-0.25, -0.2) is 24.6 Å². The lowest BCUT2D eigenvalue weighted by Gasteiger charge is -2.40. The number of aryl methyl sites for hydroxylation is 1. The Bertz CT molecular complexity index is 1260. The molecule has 1 aliphatic heterocycles. The summed E-state index contributed by atoms with van der Waals surface area (Å²) < 4.78 is 47.6. The third-order valence-electron chi connectivity index (χ3n) is 5.91. The molecule has 0 radical (unpaired) electrons. The summed E-state index contributed by atoms with van der Waals surface area (Å²) in [5.41, 5.74) is 0.514. The number of ether oxygens (including phenoxy) is 1. The van der Waals surface area contributed by atoms with Crippen molar-refractivity contribution in [1.29, 1.82) is 0 Å². The van der Waals surface area contributed by atoms with Crippen molar-refractivity contribution in [3.8, 4) is 17.3 Å². The molecule has 0 aliphatic carbocycles. The van der Waals surface area contributed by atoms with E-state index < -0.39 is 11.2 Å². The van der Waals surface area contributed by atoms with E-state index in [1.54, 1.807) is 23.4 Å². The number of hydrogen-bond acceptors (Lipinski definition) is 10. The Kier molecular flexibility index (Phi) is 8.16. The highest BCUT2D eigenvalue weighted by atomic mass is 32.1. The monoisotopic (exact) mass is 553 g/mol. The highest BCUT2D eigenvalue weighted by Gasteiger charge is 2.38. The van der Waals surface area contributed by atoms with E-state index in [4.69, 9.17) is 4.74 Å². The average Bonchev–Trinajstić information content (AvgIpc) is 3.43. The van der Waals surface area contributed by atoms with Gasteiger partial charge in [-0.3, -0.25) is 4.79 Å². The first-order chi connectivity index (χ1) is 18.0. The smallest absolute Gasteiger partial charge is 0.443 e. The predicted octanol–water partition coefficient (Wildman–Crippen LogP) is 2.72. The summed E-state index contributed by atoms with van der Waals surface area (Å²) in [5.74, 6) is 1.16. The zero-order valence-electron chi connectivity index (χ0n) is 21.9. The van der Waals surface area contributed by atoms with Crippen LogP contribution in [0.15, 0.2) is 12.4 Å². The Balaban J connectivity index is 1.51. The van der Waals surface area contributed by atoms with Gasteiger partial charge in [-0.05, 0) is 34.9 Å². The minimum absolute atomic E-state index is 0.0458. The molecule has 0 saturated carbocycles. The highest BCUT2D eigenvalue weighted by molar-refractivity contribution is 7.16. The standard InChI is InChI=1S/C23H30F3N9O2S/c1-6-37-22-27-9-16(10-28-22)19-20(38-21(30-19)23(24,25)26)33-7-8-34(14(2)11-33)18(36)13-35-15(3)29-17(31-35)12-32(4)5/h9-10,14H,6-8,11-13H2,1-5H3. The van der Waals surface area contributed by atoms with Crippen LogP contribution in [0.4, 0.5) is 18.2 Å². The number of piperazine rings is 1. The molecule has 0 bridgehead atoms. The van der Waals surface area contributed by atoms with Crippen LogP contribution in [-0.2, 0) is 24.1 Å². The minimum atomic E-state index is -4.59. The van der Waals surface area contributed by atoms with E-state index in [9.17, 15) is 18.0 Å². The van der Waals surface area contributed by atoms with Gasteiger partial charge in [0.1, 0.15) is 23.1 Å². The number of nitrogens with zero attached hydrogens (tertiary/aromatic N) is 9. The molecule has 0 aromatic carbocycles. The molecule has 1 atom stereocenters. The van der Waals surface area contributed by atoms with E-state index in [1.807, 2.05) is 30.8 Å². The van der Waals surface area contributed by atoms with Crippen molar-refractivity contribution in [1.82, 2.24) is 39.5 Å². The van der Waals surface area contributed by atoms with Gasteiger partial charge in [0, 0.05) is 43.6 Å². The quantitative estimate of drug-likeness (QED) is 0.416. The number of amides is 1. The zero-order chi connectivity index (χ0) is 27.6. The molecule has 3 aromatic rings. The molecule has 3 aromatic heterocycles. The zero-order valence-corrected chi connectivity index (χ0v) is 22.7. The van der Waals surface area contributed by atoms with Crippen LogP contribution < -0.4 is 9.64 Å².